The molecule has 0 bridgehead atoms. The summed E-state index contributed by atoms with van der Waals surface area (Å²) >= 11 is 0. The largest absolute Gasteiger partial charge is 0.330 e. The number of nitrogens with two attached hydrogens (primary N) is 1. The molecule has 13 heavy (non-hydrogen) atoms. The average molecular weight is 203 g/mol. The van der Waals surface area contributed by atoms with Gasteiger partial charge in [0.25, 0.3) is 0 Å². The van der Waals surface area contributed by atoms with Crippen LogP contribution in [0.4, 0.5) is 0 Å². The molecule has 0 aromatic rings. The molecular formula is C9H17NO2S. The lowest BCUT2D eigenvalue weighted by atomic mass is 9.61. The fourth-order valence-electron chi connectivity index (χ4n) is 2.69. The Hall–Kier alpha value is -0.0900. The molecule has 0 radical (unpaired) electrons. The van der Waals surface area contributed by atoms with E-state index in [1.54, 1.807) is 0 Å². The second-order valence-corrected chi connectivity index (χ2v) is 6.75. The minimum absolute atomic E-state index is 0.198. The van der Waals surface area contributed by atoms with Crippen molar-refractivity contribution < 1.29 is 8.42 Å². The fourth-order valence-corrected chi connectivity index (χ4v) is 4.63. The minimum Gasteiger partial charge on any atom is -0.330 e. The number of rotatable bonds is 2. The Balaban J connectivity index is 2.10. The van der Waals surface area contributed by atoms with Crippen LogP contribution in [0, 0.1) is 11.3 Å². The molecule has 3 nitrogen and oxygen atoms in total. The van der Waals surface area contributed by atoms with E-state index in [1.165, 1.54) is 6.42 Å². The van der Waals surface area contributed by atoms with Crippen molar-refractivity contribution in [2.24, 2.45) is 17.1 Å². The molecule has 1 heterocycles. The van der Waals surface area contributed by atoms with Gasteiger partial charge in [-0.2, -0.15) is 0 Å². The quantitative estimate of drug-likeness (QED) is 0.713. The first-order valence-electron chi connectivity index (χ1n) is 4.98. The molecular weight excluding hydrogens is 186 g/mol. The molecule has 1 aliphatic carbocycles. The molecule has 1 unspecified atom stereocenters. The van der Waals surface area contributed by atoms with E-state index >= 15 is 0 Å². The van der Waals surface area contributed by atoms with Crippen LogP contribution in [0.15, 0.2) is 0 Å². The Morgan fingerprint density at radius 1 is 1.38 bits per heavy atom. The zero-order valence-electron chi connectivity index (χ0n) is 7.83. The lowest BCUT2D eigenvalue weighted by molar-refractivity contribution is 0.0731. The summed E-state index contributed by atoms with van der Waals surface area (Å²) in [6, 6.07) is 0. The predicted molar refractivity (Wildman–Crippen MR) is 52.1 cm³/mol. The monoisotopic (exact) mass is 203 g/mol. The molecule has 2 rings (SSSR count). The average Bonchev–Trinajstić information content (AvgIpc) is 2.30. The zero-order chi connectivity index (χ0) is 9.53. The summed E-state index contributed by atoms with van der Waals surface area (Å²) in [6.45, 7) is 0.674. The van der Waals surface area contributed by atoms with Gasteiger partial charge in [-0.05, 0) is 37.1 Å². The highest BCUT2D eigenvalue weighted by molar-refractivity contribution is 7.91. The Labute approximate surface area is 79.6 Å². The number of hydrogen-bond donors (Lipinski definition) is 1. The van der Waals surface area contributed by atoms with Gasteiger partial charge in [0.1, 0.15) is 0 Å². The normalized spacial score (nSPS) is 35.6. The molecule has 0 amide bonds. The van der Waals surface area contributed by atoms with Crippen molar-refractivity contribution in [1.29, 1.82) is 0 Å². The SMILES string of the molecule is NCC1(C2CCS(=O)(=O)C2)CCC1. The predicted octanol–water partition coefficient (Wildman–Crippen LogP) is 0.550. The Morgan fingerprint density at radius 2 is 2.08 bits per heavy atom. The fraction of sp³-hybridized carbons (Fsp3) is 1.00. The van der Waals surface area contributed by atoms with Gasteiger partial charge in [0, 0.05) is 0 Å². The molecule has 0 aromatic heterocycles. The summed E-state index contributed by atoms with van der Waals surface area (Å²) in [7, 11) is -2.72. The number of hydrogen-bond acceptors (Lipinski definition) is 3. The Bertz CT molecular complexity index is 287. The molecule has 2 fully saturated rings. The van der Waals surface area contributed by atoms with Gasteiger partial charge in [-0.1, -0.05) is 6.42 Å². The molecule has 1 saturated heterocycles. The maximum Gasteiger partial charge on any atom is 0.150 e. The second-order valence-electron chi connectivity index (χ2n) is 4.52. The van der Waals surface area contributed by atoms with Crippen LogP contribution in [0.2, 0.25) is 0 Å². The summed E-state index contributed by atoms with van der Waals surface area (Å²) in [5.74, 6) is 1.14. The summed E-state index contributed by atoms with van der Waals surface area (Å²) in [5, 5.41) is 0. The van der Waals surface area contributed by atoms with Crippen LogP contribution in [0.1, 0.15) is 25.7 Å². The molecule has 0 aromatic carbocycles. The number of sulfone groups is 1. The van der Waals surface area contributed by atoms with Gasteiger partial charge in [0.2, 0.25) is 0 Å². The summed E-state index contributed by atoms with van der Waals surface area (Å²) < 4.78 is 22.6. The first-order valence-corrected chi connectivity index (χ1v) is 6.81. The lowest BCUT2D eigenvalue weighted by Crippen LogP contribution is -2.44. The van der Waals surface area contributed by atoms with Crippen molar-refractivity contribution in [3.63, 3.8) is 0 Å². The zero-order valence-corrected chi connectivity index (χ0v) is 8.65. The molecule has 1 aliphatic heterocycles. The van der Waals surface area contributed by atoms with Gasteiger partial charge in [-0.25, -0.2) is 8.42 Å². The smallest absolute Gasteiger partial charge is 0.150 e. The van der Waals surface area contributed by atoms with Crippen molar-refractivity contribution in [2.45, 2.75) is 25.7 Å². The Kier molecular flexibility index (Phi) is 2.15. The summed E-state index contributed by atoms with van der Waals surface area (Å²) in [4.78, 5) is 0. The van der Waals surface area contributed by atoms with Crippen molar-refractivity contribution >= 4 is 9.84 Å². The van der Waals surface area contributed by atoms with E-state index in [9.17, 15) is 8.42 Å². The third kappa shape index (κ3) is 1.50. The van der Waals surface area contributed by atoms with E-state index in [-0.39, 0.29) is 5.41 Å². The van der Waals surface area contributed by atoms with Crippen LogP contribution in [-0.2, 0) is 9.84 Å². The van der Waals surface area contributed by atoms with E-state index in [0.717, 1.165) is 19.3 Å². The van der Waals surface area contributed by atoms with Crippen molar-refractivity contribution in [3.8, 4) is 0 Å². The molecule has 76 valence electrons. The van der Waals surface area contributed by atoms with Crippen molar-refractivity contribution in [3.05, 3.63) is 0 Å². The van der Waals surface area contributed by atoms with Gasteiger partial charge in [0.05, 0.1) is 11.5 Å². The Morgan fingerprint density at radius 3 is 2.38 bits per heavy atom. The first kappa shape index (κ1) is 9.46. The maximum absolute atomic E-state index is 11.3. The van der Waals surface area contributed by atoms with E-state index < -0.39 is 9.84 Å². The summed E-state index contributed by atoms with van der Waals surface area (Å²) in [6.07, 6.45) is 4.36. The van der Waals surface area contributed by atoms with Crippen LogP contribution < -0.4 is 5.73 Å². The van der Waals surface area contributed by atoms with Gasteiger partial charge in [0.15, 0.2) is 9.84 Å². The molecule has 4 heteroatoms. The molecule has 1 atom stereocenters. The highest BCUT2D eigenvalue weighted by Gasteiger charge is 2.47. The van der Waals surface area contributed by atoms with E-state index in [0.29, 0.717) is 24.0 Å². The highest BCUT2D eigenvalue weighted by atomic mass is 32.2. The second kappa shape index (κ2) is 2.95. The minimum atomic E-state index is -2.72. The van der Waals surface area contributed by atoms with E-state index in [1.807, 2.05) is 0 Å². The van der Waals surface area contributed by atoms with Crippen LogP contribution in [0.25, 0.3) is 0 Å². The van der Waals surface area contributed by atoms with E-state index in [2.05, 4.69) is 0 Å². The molecule has 2 aliphatic rings. The maximum atomic E-state index is 11.3. The molecule has 0 spiro atoms. The summed E-state index contributed by atoms with van der Waals surface area (Å²) in [5.41, 5.74) is 5.94. The first-order chi connectivity index (χ1) is 6.08. The van der Waals surface area contributed by atoms with Crippen LogP contribution >= 0.6 is 0 Å². The molecule has 1 saturated carbocycles. The van der Waals surface area contributed by atoms with Crippen LogP contribution in [0.3, 0.4) is 0 Å². The van der Waals surface area contributed by atoms with Gasteiger partial charge >= 0.3 is 0 Å². The van der Waals surface area contributed by atoms with Crippen molar-refractivity contribution in [2.75, 3.05) is 18.1 Å². The topological polar surface area (TPSA) is 60.2 Å². The standard InChI is InChI=1S/C9H17NO2S/c10-7-9(3-1-4-9)8-2-5-13(11,12)6-8/h8H,1-7,10H2. The van der Waals surface area contributed by atoms with Crippen LogP contribution in [-0.4, -0.2) is 26.5 Å². The van der Waals surface area contributed by atoms with Gasteiger partial charge in [-0.3, -0.25) is 0 Å². The molecule has 2 N–H and O–H groups in total. The third-order valence-corrected chi connectivity index (χ3v) is 5.62. The van der Waals surface area contributed by atoms with Gasteiger partial charge < -0.3 is 5.73 Å². The van der Waals surface area contributed by atoms with E-state index in [4.69, 9.17) is 5.73 Å². The highest BCUT2D eigenvalue weighted by Crippen LogP contribution is 2.49. The lowest BCUT2D eigenvalue weighted by Gasteiger charge is -2.45. The third-order valence-electron chi connectivity index (χ3n) is 3.85. The van der Waals surface area contributed by atoms with Crippen molar-refractivity contribution in [1.82, 2.24) is 0 Å². The van der Waals surface area contributed by atoms with Gasteiger partial charge in [-0.15, -0.1) is 0 Å². The van der Waals surface area contributed by atoms with Crippen LogP contribution in [0.5, 0.6) is 0 Å².